The monoisotopic (exact) mass is 315 g/mol. The van der Waals surface area contributed by atoms with Crippen molar-refractivity contribution in [2.75, 3.05) is 31.2 Å². The molecule has 0 unspecified atom stereocenters. The number of hydrogen-bond donors (Lipinski definition) is 0. The number of ether oxygens (including phenoxy) is 2. The third kappa shape index (κ3) is 2.27. The van der Waals surface area contributed by atoms with E-state index in [1.54, 1.807) is 0 Å². The average Bonchev–Trinajstić information content (AvgIpc) is 2.82. The minimum atomic E-state index is -0.353. The van der Waals surface area contributed by atoms with Crippen molar-refractivity contribution in [2.24, 2.45) is 0 Å². The van der Waals surface area contributed by atoms with Gasteiger partial charge >= 0.3 is 0 Å². The van der Waals surface area contributed by atoms with E-state index in [4.69, 9.17) is 9.47 Å². The number of benzene rings is 1. The van der Waals surface area contributed by atoms with Crippen LogP contribution in [0.25, 0.3) is 0 Å². The third-order valence-corrected chi connectivity index (χ3v) is 4.21. The van der Waals surface area contributed by atoms with Gasteiger partial charge in [-0.3, -0.25) is 0 Å². The Morgan fingerprint density at radius 2 is 1.83 bits per heavy atom. The second-order valence-electron chi connectivity index (χ2n) is 4.69. The van der Waals surface area contributed by atoms with Crippen LogP contribution in [0.15, 0.2) is 22.7 Å². The second-order valence-corrected chi connectivity index (χ2v) is 5.55. The quantitative estimate of drug-likeness (QED) is 0.795. The molecule has 0 saturated carbocycles. The van der Waals surface area contributed by atoms with Gasteiger partial charge in [-0.05, 0) is 34.1 Å². The van der Waals surface area contributed by atoms with E-state index < -0.39 is 0 Å². The minimum absolute atomic E-state index is 0.227. The van der Waals surface area contributed by atoms with Crippen LogP contribution in [0.1, 0.15) is 12.8 Å². The average molecular weight is 316 g/mol. The number of rotatable bonds is 1. The highest BCUT2D eigenvalue weighted by atomic mass is 79.9. The van der Waals surface area contributed by atoms with Gasteiger partial charge in [0.2, 0.25) is 0 Å². The predicted octanol–water partition coefficient (Wildman–Crippen LogP) is 2.93. The van der Waals surface area contributed by atoms with Crippen LogP contribution in [0, 0.1) is 5.82 Å². The minimum Gasteiger partial charge on any atom is -0.371 e. The van der Waals surface area contributed by atoms with Crippen molar-refractivity contribution in [1.82, 2.24) is 0 Å². The van der Waals surface area contributed by atoms with Crippen molar-refractivity contribution >= 4 is 21.6 Å². The van der Waals surface area contributed by atoms with Gasteiger partial charge in [0, 0.05) is 31.6 Å². The van der Waals surface area contributed by atoms with Gasteiger partial charge in [0.25, 0.3) is 0 Å². The Kier molecular flexibility index (Phi) is 3.30. The summed E-state index contributed by atoms with van der Waals surface area (Å²) in [7, 11) is 0. The zero-order valence-corrected chi connectivity index (χ0v) is 11.6. The summed E-state index contributed by atoms with van der Waals surface area (Å²) in [5.74, 6) is -0.581. The van der Waals surface area contributed by atoms with Gasteiger partial charge in [0.05, 0.1) is 17.7 Å². The topological polar surface area (TPSA) is 21.7 Å². The SMILES string of the molecule is Fc1ccc(N2CCC3(CC2)OCCO3)cc1Br. The summed E-state index contributed by atoms with van der Waals surface area (Å²) < 4.78 is 25.1. The second kappa shape index (κ2) is 4.79. The van der Waals surface area contributed by atoms with Gasteiger partial charge in [-0.15, -0.1) is 0 Å². The van der Waals surface area contributed by atoms with Gasteiger partial charge in [-0.2, -0.15) is 0 Å². The number of hydrogen-bond acceptors (Lipinski definition) is 3. The molecule has 98 valence electrons. The zero-order chi connectivity index (χ0) is 12.6. The number of anilines is 1. The molecule has 2 saturated heterocycles. The molecule has 2 aliphatic rings. The van der Waals surface area contributed by atoms with Gasteiger partial charge in [-0.25, -0.2) is 4.39 Å². The van der Waals surface area contributed by atoms with Crippen LogP contribution in [-0.2, 0) is 9.47 Å². The molecule has 2 fully saturated rings. The van der Waals surface area contributed by atoms with Crippen molar-refractivity contribution in [1.29, 1.82) is 0 Å². The van der Waals surface area contributed by atoms with Crippen LogP contribution < -0.4 is 4.90 Å². The van der Waals surface area contributed by atoms with Crippen molar-refractivity contribution in [3.8, 4) is 0 Å². The van der Waals surface area contributed by atoms with Gasteiger partial charge in [0.1, 0.15) is 5.82 Å². The van der Waals surface area contributed by atoms with Crippen molar-refractivity contribution in [3.05, 3.63) is 28.5 Å². The first-order valence-electron chi connectivity index (χ1n) is 6.16. The van der Waals surface area contributed by atoms with Crippen LogP contribution >= 0.6 is 15.9 Å². The van der Waals surface area contributed by atoms with E-state index in [2.05, 4.69) is 20.8 Å². The maximum atomic E-state index is 13.2. The molecule has 3 rings (SSSR count). The largest absolute Gasteiger partial charge is 0.371 e. The molecule has 1 aromatic rings. The fourth-order valence-electron chi connectivity index (χ4n) is 2.57. The van der Waals surface area contributed by atoms with Crippen LogP contribution in [0.3, 0.4) is 0 Å². The lowest BCUT2D eigenvalue weighted by atomic mass is 10.0. The summed E-state index contributed by atoms with van der Waals surface area (Å²) in [5, 5.41) is 0. The molecule has 2 heterocycles. The van der Waals surface area contributed by atoms with Gasteiger partial charge in [0.15, 0.2) is 5.79 Å². The smallest absolute Gasteiger partial charge is 0.171 e. The van der Waals surface area contributed by atoms with Crippen LogP contribution in [0.4, 0.5) is 10.1 Å². The molecule has 1 aromatic carbocycles. The standard InChI is InChI=1S/C13H15BrFNO2/c14-11-9-10(1-2-12(11)15)16-5-3-13(4-6-16)17-7-8-18-13/h1-2,9H,3-8H2. The van der Waals surface area contributed by atoms with Crippen LogP contribution in [0.2, 0.25) is 0 Å². The van der Waals surface area contributed by atoms with E-state index in [0.29, 0.717) is 17.7 Å². The summed E-state index contributed by atoms with van der Waals surface area (Å²) in [6.07, 6.45) is 1.73. The number of halogens is 2. The molecule has 3 nitrogen and oxygen atoms in total. The molecule has 0 amide bonds. The Bertz CT molecular complexity index is 439. The van der Waals surface area contributed by atoms with E-state index in [0.717, 1.165) is 31.6 Å². The molecule has 0 aromatic heterocycles. The molecule has 0 N–H and O–H groups in total. The van der Waals surface area contributed by atoms with Crippen LogP contribution in [0.5, 0.6) is 0 Å². The Morgan fingerprint density at radius 3 is 2.44 bits per heavy atom. The Hall–Kier alpha value is -0.650. The Labute approximate surface area is 114 Å². The highest BCUT2D eigenvalue weighted by Crippen LogP contribution is 2.34. The lowest BCUT2D eigenvalue weighted by molar-refractivity contribution is -0.169. The van der Waals surface area contributed by atoms with Crippen molar-refractivity contribution in [2.45, 2.75) is 18.6 Å². The lowest BCUT2D eigenvalue weighted by Crippen LogP contribution is -2.45. The molecule has 0 radical (unpaired) electrons. The normalized spacial score (nSPS) is 22.7. The molecule has 2 aliphatic heterocycles. The summed E-state index contributed by atoms with van der Waals surface area (Å²) in [6.45, 7) is 3.14. The fourth-order valence-corrected chi connectivity index (χ4v) is 2.94. The zero-order valence-electron chi connectivity index (χ0n) is 9.99. The molecular formula is C13H15BrFNO2. The predicted molar refractivity (Wildman–Crippen MR) is 70.2 cm³/mol. The number of piperidine rings is 1. The van der Waals surface area contributed by atoms with E-state index in [-0.39, 0.29) is 11.6 Å². The number of nitrogens with zero attached hydrogens (tertiary/aromatic N) is 1. The van der Waals surface area contributed by atoms with Crippen LogP contribution in [-0.4, -0.2) is 32.1 Å². The summed E-state index contributed by atoms with van der Waals surface area (Å²) >= 11 is 3.22. The molecular weight excluding hydrogens is 301 g/mol. The molecule has 1 spiro atoms. The molecule has 18 heavy (non-hydrogen) atoms. The van der Waals surface area contributed by atoms with E-state index in [9.17, 15) is 4.39 Å². The van der Waals surface area contributed by atoms with Gasteiger partial charge in [-0.1, -0.05) is 0 Å². The maximum absolute atomic E-state index is 13.2. The van der Waals surface area contributed by atoms with Crippen molar-refractivity contribution < 1.29 is 13.9 Å². The fraction of sp³-hybridized carbons (Fsp3) is 0.538. The molecule has 5 heteroatoms. The van der Waals surface area contributed by atoms with E-state index in [1.165, 1.54) is 6.07 Å². The first kappa shape index (κ1) is 12.4. The summed E-state index contributed by atoms with van der Waals surface area (Å²) in [4.78, 5) is 2.24. The highest BCUT2D eigenvalue weighted by Gasteiger charge is 2.39. The Balaban J connectivity index is 1.70. The molecule has 0 bridgehead atoms. The first-order chi connectivity index (χ1) is 8.69. The van der Waals surface area contributed by atoms with E-state index in [1.807, 2.05) is 12.1 Å². The molecule has 0 atom stereocenters. The lowest BCUT2D eigenvalue weighted by Gasteiger charge is -2.38. The first-order valence-corrected chi connectivity index (χ1v) is 6.96. The van der Waals surface area contributed by atoms with E-state index >= 15 is 0 Å². The highest BCUT2D eigenvalue weighted by molar-refractivity contribution is 9.10. The van der Waals surface area contributed by atoms with Gasteiger partial charge < -0.3 is 14.4 Å². The third-order valence-electron chi connectivity index (χ3n) is 3.61. The van der Waals surface area contributed by atoms with Crippen molar-refractivity contribution in [3.63, 3.8) is 0 Å². The maximum Gasteiger partial charge on any atom is 0.171 e. The molecule has 0 aliphatic carbocycles. The summed E-state index contributed by atoms with van der Waals surface area (Å²) in [5.41, 5.74) is 1.04. The Morgan fingerprint density at radius 1 is 1.17 bits per heavy atom. The summed E-state index contributed by atoms with van der Waals surface area (Å²) in [6, 6.07) is 5.13.